The van der Waals surface area contributed by atoms with Gasteiger partial charge in [0.15, 0.2) is 0 Å². The minimum Gasteiger partial charge on any atom is -0.337 e. The fourth-order valence-corrected chi connectivity index (χ4v) is 1.93. The molecule has 94 valence electrons. The third-order valence-electron chi connectivity index (χ3n) is 2.99. The molecular weight excluding hydrogens is 243 g/mol. The van der Waals surface area contributed by atoms with E-state index in [2.05, 4.69) is 5.32 Å². The molecule has 1 aliphatic rings. The fourth-order valence-electron chi connectivity index (χ4n) is 1.93. The number of halogens is 2. The summed E-state index contributed by atoms with van der Waals surface area (Å²) in [6, 6.07) is 5.92. The Bertz CT molecular complexity index is 377. The second-order valence-corrected chi connectivity index (χ2v) is 4.07. The van der Waals surface area contributed by atoms with Gasteiger partial charge < -0.3 is 10.2 Å². The fraction of sp³-hybridized carbons (Fsp3) is 0.417. The number of nitrogens with one attached hydrogen (secondary N) is 1. The summed E-state index contributed by atoms with van der Waals surface area (Å²) in [6.07, 6.45) is 0.976. The minimum atomic E-state index is -0.318. The van der Waals surface area contributed by atoms with Crippen LogP contribution < -0.4 is 5.32 Å². The molecule has 0 radical (unpaired) electrons. The third-order valence-corrected chi connectivity index (χ3v) is 2.99. The van der Waals surface area contributed by atoms with Gasteiger partial charge in [0.25, 0.3) is 5.91 Å². The second kappa shape index (κ2) is 5.98. The topological polar surface area (TPSA) is 32.3 Å². The number of nitrogens with zero attached hydrogens (tertiary/aromatic N) is 1. The second-order valence-electron chi connectivity index (χ2n) is 4.07. The first-order valence-corrected chi connectivity index (χ1v) is 5.42. The largest absolute Gasteiger partial charge is 0.337 e. The van der Waals surface area contributed by atoms with Crippen molar-refractivity contribution in [3.05, 3.63) is 35.6 Å². The van der Waals surface area contributed by atoms with Crippen molar-refractivity contribution >= 4 is 18.3 Å². The highest BCUT2D eigenvalue weighted by molar-refractivity contribution is 5.94. The average Bonchev–Trinajstić information content (AvgIpc) is 2.81. The lowest BCUT2D eigenvalue weighted by Gasteiger charge is -2.23. The Labute approximate surface area is 106 Å². The van der Waals surface area contributed by atoms with Crippen LogP contribution in [0.4, 0.5) is 4.39 Å². The molecule has 2 rings (SSSR count). The quantitative estimate of drug-likeness (QED) is 0.876. The van der Waals surface area contributed by atoms with Crippen LogP contribution in [0.3, 0.4) is 0 Å². The minimum absolute atomic E-state index is 0. The van der Waals surface area contributed by atoms with Crippen LogP contribution >= 0.6 is 12.4 Å². The van der Waals surface area contributed by atoms with Crippen LogP contribution in [0.15, 0.2) is 24.3 Å². The first kappa shape index (κ1) is 13.9. The Hall–Kier alpha value is -1.13. The molecule has 0 bridgehead atoms. The van der Waals surface area contributed by atoms with Crippen LogP contribution in [0.1, 0.15) is 16.8 Å². The maximum absolute atomic E-state index is 12.7. The lowest BCUT2D eigenvalue weighted by molar-refractivity contribution is 0.0744. The van der Waals surface area contributed by atoms with Crippen molar-refractivity contribution in [3.63, 3.8) is 0 Å². The van der Waals surface area contributed by atoms with Crippen LogP contribution in [0.2, 0.25) is 0 Å². The first-order chi connectivity index (χ1) is 7.68. The first-order valence-electron chi connectivity index (χ1n) is 5.42. The van der Waals surface area contributed by atoms with Gasteiger partial charge in [0.2, 0.25) is 0 Å². The van der Waals surface area contributed by atoms with Crippen LogP contribution in [0.5, 0.6) is 0 Å². The molecule has 1 fully saturated rings. The number of rotatable bonds is 2. The number of likely N-dealkylation sites (N-methyl/N-ethyl adjacent to an activating group) is 1. The summed E-state index contributed by atoms with van der Waals surface area (Å²) in [4.78, 5) is 13.7. The van der Waals surface area contributed by atoms with Gasteiger partial charge in [0.05, 0.1) is 0 Å². The Morgan fingerprint density at radius 1 is 1.41 bits per heavy atom. The SMILES string of the molecule is CN(C(=O)c1ccc(F)cc1)[C@@H]1CCNC1.Cl. The van der Waals surface area contributed by atoms with Gasteiger partial charge in [-0.2, -0.15) is 0 Å². The van der Waals surface area contributed by atoms with E-state index in [1.165, 1.54) is 24.3 Å². The Balaban J connectivity index is 0.00000144. The van der Waals surface area contributed by atoms with Gasteiger partial charge in [-0.25, -0.2) is 4.39 Å². The van der Waals surface area contributed by atoms with E-state index in [1.54, 1.807) is 11.9 Å². The molecule has 1 aliphatic heterocycles. The van der Waals surface area contributed by atoms with Gasteiger partial charge in [-0.05, 0) is 37.2 Å². The molecule has 0 saturated carbocycles. The molecule has 5 heteroatoms. The highest BCUT2D eigenvalue weighted by Crippen LogP contribution is 2.11. The van der Waals surface area contributed by atoms with Gasteiger partial charge in [-0.3, -0.25) is 4.79 Å². The highest BCUT2D eigenvalue weighted by Gasteiger charge is 2.23. The lowest BCUT2D eigenvalue weighted by Crippen LogP contribution is -2.38. The summed E-state index contributed by atoms with van der Waals surface area (Å²) in [5.74, 6) is -0.365. The van der Waals surface area contributed by atoms with Gasteiger partial charge in [-0.15, -0.1) is 12.4 Å². The summed E-state index contributed by atoms with van der Waals surface area (Å²) in [5, 5.41) is 3.21. The molecule has 17 heavy (non-hydrogen) atoms. The van der Waals surface area contributed by atoms with Crippen molar-refractivity contribution in [2.24, 2.45) is 0 Å². The van der Waals surface area contributed by atoms with Gasteiger partial charge in [-0.1, -0.05) is 0 Å². The zero-order valence-corrected chi connectivity index (χ0v) is 10.5. The number of benzene rings is 1. The maximum Gasteiger partial charge on any atom is 0.253 e. The molecule has 0 aliphatic carbocycles. The number of amides is 1. The monoisotopic (exact) mass is 258 g/mol. The van der Waals surface area contributed by atoms with Crippen molar-refractivity contribution in [3.8, 4) is 0 Å². The van der Waals surface area contributed by atoms with Gasteiger partial charge >= 0.3 is 0 Å². The van der Waals surface area contributed by atoms with E-state index >= 15 is 0 Å². The summed E-state index contributed by atoms with van der Waals surface area (Å²) >= 11 is 0. The number of carbonyl (C=O) groups is 1. The molecular formula is C12H16ClFN2O. The molecule has 1 saturated heterocycles. The Morgan fingerprint density at radius 2 is 2.06 bits per heavy atom. The number of carbonyl (C=O) groups excluding carboxylic acids is 1. The predicted octanol–water partition coefficient (Wildman–Crippen LogP) is 1.68. The van der Waals surface area contributed by atoms with Crippen molar-refractivity contribution in [1.29, 1.82) is 0 Å². The van der Waals surface area contributed by atoms with E-state index in [1.807, 2.05) is 0 Å². The van der Waals surface area contributed by atoms with Crippen LogP contribution in [0.25, 0.3) is 0 Å². The van der Waals surface area contributed by atoms with Crippen molar-refractivity contribution in [2.45, 2.75) is 12.5 Å². The number of hydrogen-bond acceptors (Lipinski definition) is 2. The number of hydrogen-bond donors (Lipinski definition) is 1. The van der Waals surface area contributed by atoms with Crippen LogP contribution in [-0.4, -0.2) is 37.0 Å². The smallest absolute Gasteiger partial charge is 0.253 e. The molecule has 0 spiro atoms. The summed E-state index contributed by atoms with van der Waals surface area (Å²) in [7, 11) is 1.79. The van der Waals surface area contributed by atoms with E-state index in [9.17, 15) is 9.18 Å². The molecule has 1 atom stereocenters. The highest BCUT2D eigenvalue weighted by atomic mass is 35.5. The van der Waals surface area contributed by atoms with E-state index < -0.39 is 0 Å². The van der Waals surface area contributed by atoms with Crippen molar-refractivity contribution in [2.75, 3.05) is 20.1 Å². The molecule has 1 amide bonds. The third kappa shape index (κ3) is 3.17. The van der Waals surface area contributed by atoms with E-state index in [0.29, 0.717) is 5.56 Å². The summed E-state index contributed by atoms with van der Waals surface area (Å²) in [5.41, 5.74) is 0.538. The normalized spacial score (nSPS) is 18.6. The predicted molar refractivity (Wildman–Crippen MR) is 67.0 cm³/mol. The molecule has 1 heterocycles. The summed E-state index contributed by atoms with van der Waals surface area (Å²) in [6.45, 7) is 1.79. The molecule has 0 aromatic heterocycles. The molecule has 1 aromatic rings. The van der Waals surface area contributed by atoms with Crippen molar-refractivity contribution < 1.29 is 9.18 Å². The van der Waals surface area contributed by atoms with E-state index in [-0.39, 0.29) is 30.2 Å². The lowest BCUT2D eigenvalue weighted by atomic mass is 10.1. The zero-order valence-electron chi connectivity index (χ0n) is 9.65. The standard InChI is InChI=1S/C12H15FN2O.ClH/c1-15(11-6-7-14-8-11)12(16)9-2-4-10(13)5-3-9;/h2-5,11,14H,6-8H2,1H3;1H/t11-;/m1./s1. The van der Waals surface area contributed by atoms with E-state index in [0.717, 1.165) is 19.5 Å². The molecule has 3 nitrogen and oxygen atoms in total. The Kier molecular flexibility index (Phi) is 4.90. The summed E-state index contributed by atoms with van der Waals surface area (Å²) < 4.78 is 12.7. The molecule has 1 aromatic carbocycles. The van der Waals surface area contributed by atoms with Crippen molar-refractivity contribution in [1.82, 2.24) is 10.2 Å². The maximum atomic E-state index is 12.7. The zero-order chi connectivity index (χ0) is 11.5. The van der Waals surface area contributed by atoms with Gasteiger partial charge in [0, 0.05) is 25.2 Å². The van der Waals surface area contributed by atoms with Gasteiger partial charge in [0.1, 0.15) is 5.82 Å². The average molecular weight is 259 g/mol. The molecule has 1 N–H and O–H groups in total. The van der Waals surface area contributed by atoms with Crippen LogP contribution in [-0.2, 0) is 0 Å². The van der Waals surface area contributed by atoms with E-state index in [4.69, 9.17) is 0 Å². The Morgan fingerprint density at radius 3 is 2.59 bits per heavy atom. The van der Waals surface area contributed by atoms with Crippen LogP contribution in [0, 0.1) is 5.82 Å². The molecule has 0 unspecified atom stereocenters.